The zero-order chi connectivity index (χ0) is 10.4. The molecule has 2 heteroatoms. The summed E-state index contributed by atoms with van der Waals surface area (Å²) in [5, 5.41) is 9.18. The molecule has 0 heterocycles. The van der Waals surface area contributed by atoms with Gasteiger partial charge in [-0.25, -0.2) is 4.39 Å². The van der Waals surface area contributed by atoms with Crippen molar-refractivity contribution in [3.8, 4) is 5.75 Å². The van der Waals surface area contributed by atoms with Gasteiger partial charge < -0.3 is 5.11 Å². The summed E-state index contributed by atoms with van der Waals surface area (Å²) in [6.45, 7) is 9.04. The molecule has 0 fully saturated rings. The smallest absolute Gasteiger partial charge is 0.126 e. The van der Waals surface area contributed by atoms with Gasteiger partial charge >= 0.3 is 0 Å². The molecule has 0 unspecified atom stereocenters. The number of hydrogen-bond donors (Lipinski definition) is 1. The highest BCUT2D eigenvalue weighted by Crippen LogP contribution is 2.21. The number of hydrogen-bond acceptors (Lipinski definition) is 1. The van der Waals surface area contributed by atoms with Crippen LogP contribution in [0.15, 0.2) is 18.7 Å². The average molecular weight is 182 g/mol. The molecule has 0 saturated carbocycles. The van der Waals surface area contributed by atoms with Gasteiger partial charge in [-0.3, -0.25) is 0 Å². The van der Waals surface area contributed by atoms with E-state index in [1.165, 1.54) is 18.2 Å². The van der Waals surface area contributed by atoms with Gasteiger partial charge in [0, 0.05) is 5.56 Å². The fraction of sp³-hybridized carbons (Fsp3) is 0.273. The quantitative estimate of drug-likeness (QED) is 0.704. The number of rotatable bonds is 1. The number of phenolic OH excluding ortho intramolecular Hbond substituents is 1. The summed E-state index contributed by atoms with van der Waals surface area (Å²) in [5.41, 5.74) is 0.862. The van der Waals surface area contributed by atoms with E-state index < -0.39 is 0 Å². The van der Waals surface area contributed by atoms with Gasteiger partial charge in [0.25, 0.3) is 0 Å². The van der Waals surface area contributed by atoms with Crippen molar-refractivity contribution in [2.45, 2.75) is 20.8 Å². The van der Waals surface area contributed by atoms with Gasteiger partial charge in [0.1, 0.15) is 11.6 Å². The second-order valence-electron chi connectivity index (χ2n) is 2.36. The Balaban J connectivity index is 0.000000671. The first-order valence-corrected chi connectivity index (χ1v) is 4.26. The summed E-state index contributed by atoms with van der Waals surface area (Å²) < 4.78 is 12.8. The first kappa shape index (κ1) is 11.7. The minimum Gasteiger partial charge on any atom is -0.507 e. The molecule has 0 bridgehead atoms. The van der Waals surface area contributed by atoms with Crippen LogP contribution in [0, 0.1) is 12.7 Å². The van der Waals surface area contributed by atoms with E-state index in [0.29, 0.717) is 11.1 Å². The molecular formula is C11H15FO. The lowest BCUT2D eigenvalue weighted by molar-refractivity contribution is 0.471. The van der Waals surface area contributed by atoms with Crippen LogP contribution in [0.2, 0.25) is 0 Å². The van der Waals surface area contributed by atoms with Crippen molar-refractivity contribution < 1.29 is 9.50 Å². The van der Waals surface area contributed by atoms with E-state index in [-0.39, 0.29) is 11.6 Å². The lowest BCUT2D eigenvalue weighted by Gasteiger charge is -2.00. The number of halogens is 1. The van der Waals surface area contributed by atoms with Gasteiger partial charge in [-0.2, -0.15) is 0 Å². The van der Waals surface area contributed by atoms with Crippen LogP contribution in [0.25, 0.3) is 6.08 Å². The van der Waals surface area contributed by atoms with Gasteiger partial charge in [-0.05, 0) is 24.6 Å². The molecule has 0 atom stereocenters. The van der Waals surface area contributed by atoms with Crippen LogP contribution >= 0.6 is 0 Å². The van der Waals surface area contributed by atoms with Gasteiger partial charge in [-0.15, -0.1) is 0 Å². The van der Waals surface area contributed by atoms with E-state index >= 15 is 0 Å². The normalized spacial score (nSPS) is 8.62. The maximum absolute atomic E-state index is 12.8. The third-order valence-corrected chi connectivity index (χ3v) is 1.53. The van der Waals surface area contributed by atoms with Crippen molar-refractivity contribution in [1.82, 2.24) is 0 Å². The standard InChI is InChI=1S/C9H9FO.C2H6/c1-3-7-5-8(10)6(2)4-9(7)11;1-2/h3-5,11H,1H2,2H3;1-2H3. The highest BCUT2D eigenvalue weighted by atomic mass is 19.1. The van der Waals surface area contributed by atoms with Crippen LogP contribution in [-0.2, 0) is 0 Å². The lowest BCUT2D eigenvalue weighted by atomic mass is 10.1. The van der Waals surface area contributed by atoms with E-state index in [0.717, 1.165) is 0 Å². The maximum atomic E-state index is 12.8. The monoisotopic (exact) mass is 182 g/mol. The summed E-state index contributed by atoms with van der Waals surface area (Å²) in [4.78, 5) is 0. The topological polar surface area (TPSA) is 20.2 Å². The Morgan fingerprint density at radius 3 is 2.38 bits per heavy atom. The molecule has 1 aromatic carbocycles. The van der Waals surface area contributed by atoms with Crippen LogP contribution in [0.3, 0.4) is 0 Å². The van der Waals surface area contributed by atoms with Crippen LogP contribution in [-0.4, -0.2) is 5.11 Å². The van der Waals surface area contributed by atoms with Crippen molar-refractivity contribution in [2.75, 3.05) is 0 Å². The van der Waals surface area contributed by atoms with Crippen LogP contribution in [0.4, 0.5) is 4.39 Å². The Morgan fingerprint density at radius 1 is 1.38 bits per heavy atom. The summed E-state index contributed by atoms with van der Waals surface area (Å²) in [5.74, 6) is -0.253. The molecule has 1 aromatic rings. The first-order chi connectivity index (χ1) is 6.15. The molecular weight excluding hydrogens is 167 g/mol. The van der Waals surface area contributed by atoms with E-state index in [4.69, 9.17) is 0 Å². The third kappa shape index (κ3) is 2.90. The van der Waals surface area contributed by atoms with Gasteiger partial charge in [-0.1, -0.05) is 26.5 Å². The number of aryl methyl sites for hydroxylation is 1. The van der Waals surface area contributed by atoms with Crippen molar-refractivity contribution in [3.05, 3.63) is 35.7 Å². The second-order valence-corrected chi connectivity index (χ2v) is 2.36. The summed E-state index contributed by atoms with van der Waals surface area (Å²) in [6.07, 6.45) is 1.41. The Bertz CT molecular complexity index is 292. The molecule has 1 N–H and O–H groups in total. The van der Waals surface area contributed by atoms with Crippen LogP contribution in [0.1, 0.15) is 25.0 Å². The molecule has 0 aliphatic carbocycles. The predicted octanol–water partition coefficient (Wildman–Crippen LogP) is 3.51. The Labute approximate surface area is 78.5 Å². The van der Waals surface area contributed by atoms with Crippen molar-refractivity contribution >= 4 is 6.08 Å². The maximum Gasteiger partial charge on any atom is 0.126 e. The molecule has 0 radical (unpaired) electrons. The minimum absolute atomic E-state index is 0.0684. The van der Waals surface area contributed by atoms with Crippen molar-refractivity contribution in [2.24, 2.45) is 0 Å². The van der Waals surface area contributed by atoms with Crippen molar-refractivity contribution in [3.63, 3.8) is 0 Å². The number of aromatic hydroxyl groups is 1. The molecule has 0 aliphatic rings. The molecule has 0 aromatic heterocycles. The summed E-state index contributed by atoms with van der Waals surface area (Å²) in [7, 11) is 0. The highest BCUT2D eigenvalue weighted by molar-refractivity contribution is 5.56. The average Bonchev–Trinajstić information content (AvgIpc) is 2.15. The van der Waals surface area contributed by atoms with Gasteiger partial charge in [0.05, 0.1) is 0 Å². The van der Waals surface area contributed by atoms with Crippen molar-refractivity contribution in [1.29, 1.82) is 0 Å². The highest BCUT2D eigenvalue weighted by Gasteiger charge is 2.02. The molecule has 0 spiro atoms. The van der Waals surface area contributed by atoms with Gasteiger partial charge in [0.2, 0.25) is 0 Å². The Hall–Kier alpha value is -1.31. The summed E-state index contributed by atoms with van der Waals surface area (Å²) >= 11 is 0. The van der Waals surface area contributed by atoms with E-state index in [2.05, 4.69) is 6.58 Å². The molecule has 0 saturated heterocycles. The van der Waals surface area contributed by atoms with E-state index in [9.17, 15) is 9.50 Å². The van der Waals surface area contributed by atoms with Gasteiger partial charge in [0.15, 0.2) is 0 Å². The lowest BCUT2D eigenvalue weighted by Crippen LogP contribution is -1.83. The fourth-order valence-corrected chi connectivity index (χ4v) is 0.845. The Kier molecular flexibility index (Phi) is 4.82. The molecule has 13 heavy (non-hydrogen) atoms. The third-order valence-electron chi connectivity index (χ3n) is 1.53. The van der Waals surface area contributed by atoms with Crippen LogP contribution < -0.4 is 0 Å². The zero-order valence-corrected chi connectivity index (χ0v) is 8.26. The molecule has 1 nitrogen and oxygen atoms in total. The molecule has 0 aliphatic heterocycles. The first-order valence-electron chi connectivity index (χ1n) is 4.26. The Morgan fingerprint density at radius 2 is 1.92 bits per heavy atom. The minimum atomic E-state index is -0.322. The van der Waals surface area contributed by atoms with E-state index in [1.54, 1.807) is 6.92 Å². The van der Waals surface area contributed by atoms with E-state index in [1.807, 2.05) is 13.8 Å². The second kappa shape index (κ2) is 5.36. The fourth-order valence-electron chi connectivity index (χ4n) is 0.845. The predicted molar refractivity (Wildman–Crippen MR) is 54.2 cm³/mol. The molecule has 72 valence electrons. The summed E-state index contributed by atoms with van der Waals surface area (Å²) in [6, 6.07) is 2.64. The number of benzene rings is 1. The van der Waals surface area contributed by atoms with Crippen LogP contribution in [0.5, 0.6) is 5.75 Å². The molecule has 0 amide bonds. The largest absolute Gasteiger partial charge is 0.507 e. The zero-order valence-electron chi connectivity index (χ0n) is 8.26. The number of phenols is 1. The SMILES string of the molecule is C=Cc1cc(F)c(C)cc1O.CC. The molecule has 1 rings (SSSR count).